The van der Waals surface area contributed by atoms with Crippen molar-refractivity contribution in [3.63, 3.8) is 0 Å². The molecule has 0 radical (unpaired) electrons. The summed E-state index contributed by atoms with van der Waals surface area (Å²) in [6, 6.07) is 6.79. The van der Waals surface area contributed by atoms with Crippen molar-refractivity contribution in [3.05, 3.63) is 53.7 Å². The third-order valence-electron chi connectivity index (χ3n) is 4.08. The average Bonchev–Trinajstić information content (AvgIpc) is 3.18. The van der Waals surface area contributed by atoms with Crippen LogP contribution in [-0.2, 0) is 20.0 Å². The van der Waals surface area contributed by atoms with Gasteiger partial charge in [0.2, 0.25) is 0 Å². The highest BCUT2D eigenvalue weighted by Gasteiger charge is 2.05. The van der Waals surface area contributed by atoms with E-state index in [4.69, 9.17) is 0 Å². The Hall–Kier alpha value is -2.10. The zero-order valence-electron chi connectivity index (χ0n) is 14.9. The third kappa shape index (κ3) is 4.96. The van der Waals surface area contributed by atoms with Crippen LogP contribution in [-0.4, -0.2) is 33.8 Å². The van der Waals surface area contributed by atoms with Gasteiger partial charge in [0.05, 0.1) is 12.2 Å². The van der Waals surface area contributed by atoms with Gasteiger partial charge in [-0.05, 0) is 43.2 Å². The van der Waals surface area contributed by atoms with Crippen LogP contribution >= 0.6 is 24.0 Å². The standard InChI is InChI=1S/C18H23FN6.HI/c1-3-20-18(23-12-15-7-9-24-25(15)2)21-8-6-13-11-22-17-10-14(19)4-5-16(13)17;/h4-5,7,9-11,22H,3,6,8,12H2,1-2H3,(H2,20,21,23);1H. The number of benzene rings is 1. The number of hydrogen-bond acceptors (Lipinski definition) is 2. The van der Waals surface area contributed by atoms with Crippen LogP contribution in [0.1, 0.15) is 18.2 Å². The molecule has 3 rings (SSSR count). The molecule has 0 aliphatic heterocycles. The largest absolute Gasteiger partial charge is 0.361 e. The van der Waals surface area contributed by atoms with Crippen molar-refractivity contribution in [2.24, 2.45) is 12.0 Å². The number of fused-ring (bicyclic) bond motifs is 1. The summed E-state index contributed by atoms with van der Waals surface area (Å²) >= 11 is 0. The fraction of sp³-hybridized carbons (Fsp3) is 0.333. The summed E-state index contributed by atoms with van der Waals surface area (Å²) in [5, 5.41) is 11.8. The Kier molecular flexibility index (Phi) is 7.43. The Morgan fingerprint density at radius 3 is 2.88 bits per heavy atom. The number of nitrogens with one attached hydrogen (secondary N) is 3. The first-order valence-electron chi connectivity index (χ1n) is 8.42. The Morgan fingerprint density at radius 1 is 1.31 bits per heavy atom. The number of hydrogen-bond donors (Lipinski definition) is 3. The van der Waals surface area contributed by atoms with Crippen LogP contribution in [0, 0.1) is 5.82 Å². The smallest absolute Gasteiger partial charge is 0.191 e. The van der Waals surface area contributed by atoms with Gasteiger partial charge in [-0.25, -0.2) is 9.38 Å². The summed E-state index contributed by atoms with van der Waals surface area (Å²) in [6.45, 7) is 4.14. The maximum atomic E-state index is 13.3. The van der Waals surface area contributed by atoms with E-state index in [-0.39, 0.29) is 29.8 Å². The van der Waals surface area contributed by atoms with Crippen LogP contribution in [0.4, 0.5) is 4.39 Å². The lowest BCUT2D eigenvalue weighted by molar-refractivity contribution is 0.629. The van der Waals surface area contributed by atoms with Crippen LogP contribution in [0.2, 0.25) is 0 Å². The zero-order valence-corrected chi connectivity index (χ0v) is 17.3. The Labute approximate surface area is 169 Å². The summed E-state index contributed by atoms with van der Waals surface area (Å²) in [4.78, 5) is 7.70. The number of H-pyrrole nitrogens is 1. The predicted octanol–water partition coefficient (Wildman–Crippen LogP) is 2.96. The minimum Gasteiger partial charge on any atom is -0.361 e. The SMILES string of the molecule is CCNC(=NCc1ccnn1C)NCCc1c[nH]c2cc(F)ccc12.I. The summed E-state index contributed by atoms with van der Waals surface area (Å²) in [6.07, 6.45) is 4.53. The lowest BCUT2D eigenvalue weighted by Crippen LogP contribution is -2.38. The molecule has 140 valence electrons. The average molecular weight is 470 g/mol. The Balaban J connectivity index is 0.00000243. The number of aromatic nitrogens is 3. The van der Waals surface area contributed by atoms with E-state index in [0.717, 1.165) is 47.6 Å². The van der Waals surface area contributed by atoms with Gasteiger partial charge in [0.1, 0.15) is 5.82 Å². The van der Waals surface area contributed by atoms with Crippen molar-refractivity contribution in [1.29, 1.82) is 0 Å². The minimum absolute atomic E-state index is 0. The molecule has 2 heterocycles. The Morgan fingerprint density at radius 2 is 2.15 bits per heavy atom. The summed E-state index contributed by atoms with van der Waals surface area (Å²) in [5.74, 6) is 0.547. The molecule has 6 nitrogen and oxygen atoms in total. The summed E-state index contributed by atoms with van der Waals surface area (Å²) in [5.41, 5.74) is 3.03. The van der Waals surface area contributed by atoms with E-state index in [1.807, 2.05) is 37.0 Å². The summed E-state index contributed by atoms with van der Waals surface area (Å²) in [7, 11) is 1.91. The zero-order chi connectivity index (χ0) is 17.6. The molecule has 0 aliphatic rings. The van der Waals surface area contributed by atoms with Gasteiger partial charge in [-0.2, -0.15) is 5.10 Å². The maximum Gasteiger partial charge on any atom is 0.191 e. The van der Waals surface area contributed by atoms with E-state index in [9.17, 15) is 4.39 Å². The molecule has 0 aliphatic carbocycles. The van der Waals surface area contributed by atoms with Crippen molar-refractivity contribution >= 4 is 40.8 Å². The van der Waals surface area contributed by atoms with E-state index in [1.165, 1.54) is 12.1 Å². The predicted molar refractivity (Wildman–Crippen MR) is 113 cm³/mol. The van der Waals surface area contributed by atoms with Crippen LogP contribution in [0.15, 0.2) is 41.7 Å². The second-order valence-corrected chi connectivity index (χ2v) is 5.82. The molecular formula is C18H24FIN6. The van der Waals surface area contributed by atoms with E-state index >= 15 is 0 Å². The number of aliphatic imine (C=N–C) groups is 1. The molecule has 0 amide bonds. The molecule has 0 unspecified atom stereocenters. The van der Waals surface area contributed by atoms with E-state index in [0.29, 0.717) is 6.54 Å². The first-order chi connectivity index (χ1) is 12.2. The molecule has 0 bridgehead atoms. The molecule has 0 spiro atoms. The number of nitrogens with zero attached hydrogens (tertiary/aromatic N) is 3. The normalized spacial score (nSPS) is 11.4. The van der Waals surface area contributed by atoms with E-state index in [1.54, 1.807) is 6.20 Å². The molecular weight excluding hydrogens is 446 g/mol. The van der Waals surface area contributed by atoms with E-state index < -0.39 is 0 Å². The number of aryl methyl sites for hydroxylation is 1. The van der Waals surface area contributed by atoms with Crippen LogP contribution in [0.5, 0.6) is 0 Å². The van der Waals surface area contributed by atoms with Gasteiger partial charge >= 0.3 is 0 Å². The number of aromatic amines is 1. The van der Waals surface area contributed by atoms with Crippen molar-refractivity contribution in [1.82, 2.24) is 25.4 Å². The maximum absolute atomic E-state index is 13.3. The van der Waals surface area contributed by atoms with Gasteiger partial charge in [-0.1, -0.05) is 0 Å². The molecule has 0 saturated heterocycles. The van der Waals surface area contributed by atoms with Crippen LogP contribution in [0.3, 0.4) is 0 Å². The van der Waals surface area contributed by atoms with Gasteiger partial charge < -0.3 is 15.6 Å². The fourth-order valence-electron chi connectivity index (χ4n) is 2.74. The monoisotopic (exact) mass is 470 g/mol. The number of rotatable bonds is 6. The molecule has 2 aromatic heterocycles. The van der Waals surface area contributed by atoms with Gasteiger partial charge in [-0.3, -0.25) is 4.68 Å². The molecule has 8 heteroatoms. The van der Waals surface area contributed by atoms with Crippen molar-refractivity contribution in [3.8, 4) is 0 Å². The molecule has 3 N–H and O–H groups in total. The molecule has 0 fully saturated rings. The van der Waals surface area contributed by atoms with Gasteiger partial charge in [-0.15, -0.1) is 24.0 Å². The van der Waals surface area contributed by atoms with Gasteiger partial charge in [0.25, 0.3) is 0 Å². The second-order valence-electron chi connectivity index (χ2n) is 5.82. The van der Waals surface area contributed by atoms with Gasteiger partial charge in [0, 0.05) is 43.4 Å². The lowest BCUT2D eigenvalue weighted by Gasteiger charge is -2.11. The second kappa shape index (κ2) is 9.56. The van der Waals surface area contributed by atoms with Crippen molar-refractivity contribution < 1.29 is 4.39 Å². The van der Waals surface area contributed by atoms with Crippen molar-refractivity contribution in [2.45, 2.75) is 19.9 Å². The minimum atomic E-state index is -0.226. The first kappa shape index (κ1) is 20.2. The highest BCUT2D eigenvalue weighted by Crippen LogP contribution is 2.19. The molecule has 3 aromatic rings. The van der Waals surface area contributed by atoms with Gasteiger partial charge in [0.15, 0.2) is 5.96 Å². The number of guanidine groups is 1. The van der Waals surface area contributed by atoms with Crippen LogP contribution in [0.25, 0.3) is 10.9 Å². The first-order valence-corrected chi connectivity index (χ1v) is 8.42. The van der Waals surface area contributed by atoms with Crippen molar-refractivity contribution in [2.75, 3.05) is 13.1 Å². The Bertz CT molecular complexity index is 870. The topological polar surface area (TPSA) is 70.0 Å². The molecule has 0 atom stereocenters. The third-order valence-corrected chi connectivity index (χ3v) is 4.08. The van der Waals surface area contributed by atoms with E-state index in [2.05, 4.69) is 25.7 Å². The molecule has 1 aromatic carbocycles. The summed E-state index contributed by atoms with van der Waals surface area (Å²) < 4.78 is 15.1. The highest BCUT2D eigenvalue weighted by atomic mass is 127. The fourth-order valence-corrected chi connectivity index (χ4v) is 2.74. The highest BCUT2D eigenvalue weighted by molar-refractivity contribution is 14.0. The van der Waals surface area contributed by atoms with Crippen LogP contribution < -0.4 is 10.6 Å². The molecule has 0 saturated carbocycles. The lowest BCUT2D eigenvalue weighted by atomic mass is 10.1. The molecule has 26 heavy (non-hydrogen) atoms. The quantitative estimate of drug-likeness (QED) is 0.295. The number of halogens is 2.